The van der Waals surface area contributed by atoms with Crippen molar-refractivity contribution in [3.8, 4) is 0 Å². The first-order valence-electron chi connectivity index (χ1n) is 2.92. The van der Waals surface area contributed by atoms with E-state index in [-0.39, 0.29) is 0 Å². The minimum Gasteiger partial charge on any atom is -0.258 e. The average molecular weight is 143 g/mol. The van der Waals surface area contributed by atoms with Crippen LogP contribution >= 0.6 is 0 Å². The largest absolute Gasteiger partial charge is 0.300 e. The summed E-state index contributed by atoms with van der Waals surface area (Å²) in [7, 11) is 0. The molecule has 0 spiro atoms. The molecule has 0 N–H and O–H groups in total. The molecule has 0 saturated heterocycles. The van der Waals surface area contributed by atoms with Gasteiger partial charge in [0.15, 0.2) is 5.83 Å². The third-order valence-corrected chi connectivity index (χ3v) is 1.27. The quantitative estimate of drug-likeness (QED) is 0.415. The zero-order valence-corrected chi connectivity index (χ0v) is 5.21. The van der Waals surface area contributed by atoms with E-state index in [2.05, 4.69) is 0 Å². The minimum atomic E-state index is -0.712. The zero-order valence-electron chi connectivity index (χ0n) is 5.21. The van der Waals surface area contributed by atoms with Gasteiger partial charge in [0.05, 0.1) is 4.92 Å². The van der Waals surface area contributed by atoms with E-state index in [0.29, 0.717) is 12.8 Å². The molecule has 0 aromatic heterocycles. The van der Waals surface area contributed by atoms with Gasteiger partial charge in [0.2, 0.25) is 0 Å². The zero-order chi connectivity index (χ0) is 7.56. The summed E-state index contributed by atoms with van der Waals surface area (Å²) in [6.45, 7) is 0. The highest BCUT2D eigenvalue weighted by Gasteiger charge is 2.18. The molecule has 0 atom stereocenters. The van der Waals surface area contributed by atoms with Crippen LogP contribution < -0.4 is 0 Å². The summed E-state index contributed by atoms with van der Waals surface area (Å²) >= 11 is 0. The number of nitrogens with zero attached hydrogens (tertiary/aromatic N) is 1. The van der Waals surface area contributed by atoms with Crippen LogP contribution in [0.4, 0.5) is 4.39 Å². The molecule has 0 bridgehead atoms. The summed E-state index contributed by atoms with van der Waals surface area (Å²) in [5.74, 6) is -0.712. The van der Waals surface area contributed by atoms with E-state index >= 15 is 0 Å². The van der Waals surface area contributed by atoms with Gasteiger partial charge in [-0.05, 0) is 25.0 Å². The smallest absolute Gasteiger partial charge is 0.258 e. The maximum absolute atomic E-state index is 12.4. The minimum absolute atomic E-state index is 0.397. The second-order valence-corrected chi connectivity index (χ2v) is 1.98. The molecule has 0 unspecified atom stereocenters. The third-order valence-electron chi connectivity index (χ3n) is 1.27. The van der Waals surface area contributed by atoms with Gasteiger partial charge in [-0.15, -0.1) is 0 Å². The summed E-state index contributed by atoms with van der Waals surface area (Å²) in [6.07, 6.45) is 3.65. The molecule has 0 aromatic carbocycles. The highest BCUT2D eigenvalue weighted by molar-refractivity contribution is 5.21. The molecule has 0 aromatic rings. The molecule has 3 nitrogen and oxygen atoms in total. The first-order chi connectivity index (χ1) is 4.72. The van der Waals surface area contributed by atoms with Gasteiger partial charge >= 0.3 is 5.70 Å². The van der Waals surface area contributed by atoms with Gasteiger partial charge in [-0.25, -0.2) is 0 Å². The lowest BCUT2D eigenvalue weighted by molar-refractivity contribution is -0.423. The second kappa shape index (κ2) is 2.60. The van der Waals surface area contributed by atoms with Gasteiger partial charge in [0.1, 0.15) is 0 Å². The first kappa shape index (κ1) is 6.92. The Morgan fingerprint density at radius 3 is 2.50 bits per heavy atom. The van der Waals surface area contributed by atoms with Crippen molar-refractivity contribution in [2.24, 2.45) is 0 Å². The number of hydrogen-bond donors (Lipinski definition) is 0. The Labute approximate surface area is 57.0 Å². The van der Waals surface area contributed by atoms with Crippen molar-refractivity contribution in [2.75, 3.05) is 0 Å². The van der Waals surface area contributed by atoms with Crippen LogP contribution in [-0.2, 0) is 0 Å². The van der Waals surface area contributed by atoms with E-state index in [9.17, 15) is 14.5 Å². The van der Waals surface area contributed by atoms with Gasteiger partial charge < -0.3 is 0 Å². The number of nitro groups is 1. The Balaban J connectivity index is 2.84. The normalized spacial score (nSPS) is 17.7. The summed E-state index contributed by atoms with van der Waals surface area (Å²) in [5.41, 5.74) is -0.397. The van der Waals surface area contributed by atoms with E-state index in [1.807, 2.05) is 0 Å². The second-order valence-electron chi connectivity index (χ2n) is 1.98. The molecule has 0 radical (unpaired) electrons. The summed E-state index contributed by atoms with van der Waals surface area (Å²) in [6, 6.07) is 0. The van der Waals surface area contributed by atoms with Crippen LogP contribution in [0.15, 0.2) is 23.7 Å². The predicted octanol–water partition coefficient (Wildman–Crippen LogP) is 1.79. The van der Waals surface area contributed by atoms with Gasteiger partial charge in [0.25, 0.3) is 0 Å². The molecule has 0 fully saturated rings. The topological polar surface area (TPSA) is 43.1 Å². The van der Waals surface area contributed by atoms with Crippen molar-refractivity contribution < 1.29 is 9.31 Å². The Bertz CT molecular complexity index is 220. The fourth-order valence-electron chi connectivity index (χ4n) is 0.794. The number of hydrogen-bond acceptors (Lipinski definition) is 2. The Morgan fingerprint density at radius 2 is 2.10 bits per heavy atom. The maximum Gasteiger partial charge on any atom is 0.300 e. The van der Waals surface area contributed by atoms with Crippen molar-refractivity contribution in [3.63, 3.8) is 0 Å². The Morgan fingerprint density at radius 1 is 1.50 bits per heavy atom. The Kier molecular flexibility index (Phi) is 1.80. The van der Waals surface area contributed by atoms with Crippen LogP contribution in [0.2, 0.25) is 0 Å². The lowest BCUT2D eigenvalue weighted by atomic mass is 10.1. The van der Waals surface area contributed by atoms with Gasteiger partial charge in [-0.2, -0.15) is 4.39 Å². The van der Waals surface area contributed by atoms with Crippen LogP contribution in [-0.4, -0.2) is 4.92 Å². The molecule has 54 valence electrons. The maximum atomic E-state index is 12.4. The number of allylic oxidation sites excluding steroid dienone is 3. The third kappa shape index (κ3) is 1.21. The Hall–Kier alpha value is -1.19. The van der Waals surface area contributed by atoms with Crippen molar-refractivity contribution >= 4 is 0 Å². The van der Waals surface area contributed by atoms with E-state index in [4.69, 9.17) is 0 Å². The van der Waals surface area contributed by atoms with Crippen molar-refractivity contribution in [1.29, 1.82) is 0 Å². The molecule has 0 amide bonds. The molecular weight excluding hydrogens is 137 g/mol. The monoisotopic (exact) mass is 143 g/mol. The van der Waals surface area contributed by atoms with Crippen LogP contribution in [0.3, 0.4) is 0 Å². The lowest BCUT2D eigenvalue weighted by Crippen LogP contribution is -2.01. The van der Waals surface area contributed by atoms with Gasteiger partial charge in [-0.1, -0.05) is 0 Å². The van der Waals surface area contributed by atoms with E-state index in [1.165, 1.54) is 12.2 Å². The molecule has 4 heteroatoms. The molecule has 1 rings (SSSR count). The van der Waals surface area contributed by atoms with Crippen LogP contribution in [0.1, 0.15) is 12.8 Å². The van der Waals surface area contributed by atoms with Crippen LogP contribution in [0.25, 0.3) is 0 Å². The fraction of sp³-hybridized carbons (Fsp3) is 0.333. The number of rotatable bonds is 1. The number of halogens is 1. The lowest BCUT2D eigenvalue weighted by Gasteiger charge is -1.99. The fourth-order valence-corrected chi connectivity index (χ4v) is 0.794. The van der Waals surface area contributed by atoms with E-state index in [1.54, 1.807) is 0 Å². The van der Waals surface area contributed by atoms with Crippen molar-refractivity contribution in [1.82, 2.24) is 0 Å². The van der Waals surface area contributed by atoms with E-state index < -0.39 is 16.4 Å². The molecular formula is C6H6FNO2. The van der Waals surface area contributed by atoms with Gasteiger partial charge in [0, 0.05) is 0 Å². The van der Waals surface area contributed by atoms with Gasteiger partial charge in [-0.3, -0.25) is 10.1 Å². The summed E-state index contributed by atoms with van der Waals surface area (Å²) in [4.78, 5) is 9.32. The highest BCUT2D eigenvalue weighted by Crippen LogP contribution is 2.19. The summed E-state index contributed by atoms with van der Waals surface area (Å²) < 4.78 is 12.4. The molecule has 1 aliphatic carbocycles. The molecule has 0 aliphatic heterocycles. The molecule has 10 heavy (non-hydrogen) atoms. The molecule has 1 aliphatic rings. The molecule has 0 heterocycles. The van der Waals surface area contributed by atoms with E-state index in [0.717, 1.165) is 0 Å². The van der Waals surface area contributed by atoms with Crippen molar-refractivity contribution in [3.05, 3.63) is 33.8 Å². The molecule has 0 saturated carbocycles. The summed E-state index contributed by atoms with van der Waals surface area (Å²) in [5, 5.41) is 10.0. The van der Waals surface area contributed by atoms with Crippen LogP contribution in [0.5, 0.6) is 0 Å². The van der Waals surface area contributed by atoms with Crippen molar-refractivity contribution in [2.45, 2.75) is 12.8 Å². The standard InChI is InChI=1S/C6H6FNO2/c7-5-3-1-2-4-6(5)8(9)10/h3-4H,1-2H2. The SMILES string of the molecule is O=[N+]([O-])C1=CCCC=C1F. The first-order valence-corrected chi connectivity index (χ1v) is 2.92. The highest BCUT2D eigenvalue weighted by atomic mass is 19.1. The predicted molar refractivity (Wildman–Crippen MR) is 33.5 cm³/mol. The van der Waals surface area contributed by atoms with Crippen LogP contribution in [0, 0.1) is 10.1 Å². The average Bonchev–Trinajstić information content (AvgIpc) is 1.88.